The molecule has 1 saturated carbocycles. The first kappa shape index (κ1) is 26.5. The van der Waals surface area contributed by atoms with Gasteiger partial charge in [-0.1, -0.05) is 13.8 Å². The summed E-state index contributed by atoms with van der Waals surface area (Å²) in [4.78, 5) is 52.0. The summed E-state index contributed by atoms with van der Waals surface area (Å²) in [5, 5.41) is 3.31. The second-order valence-electron chi connectivity index (χ2n) is 12.1. The molecule has 3 aliphatic heterocycles. The minimum absolute atomic E-state index is 0.00503. The van der Waals surface area contributed by atoms with E-state index < -0.39 is 11.9 Å². The fourth-order valence-corrected chi connectivity index (χ4v) is 8.21. The van der Waals surface area contributed by atoms with Crippen LogP contribution in [0.15, 0.2) is 24.4 Å². The first-order valence-electron chi connectivity index (χ1n) is 13.7. The number of aromatic nitrogens is 2. The highest BCUT2D eigenvalue weighted by Crippen LogP contribution is 2.63. The molecular formula is C29H28F3N5O3S. The number of aryl methyl sites for hydroxylation is 1. The van der Waals surface area contributed by atoms with Gasteiger partial charge in [0.1, 0.15) is 5.69 Å². The molecule has 0 spiro atoms. The monoisotopic (exact) mass is 583 g/mol. The van der Waals surface area contributed by atoms with E-state index in [4.69, 9.17) is 0 Å². The lowest BCUT2D eigenvalue weighted by atomic mass is 9.98. The van der Waals surface area contributed by atoms with Crippen LogP contribution < -0.4 is 5.32 Å². The Kier molecular flexibility index (Phi) is 5.70. The maximum atomic E-state index is 14.0. The predicted octanol–water partition coefficient (Wildman–Crippen LogP) is 4.26. The van der Waals surface area contributed by atoms with Crippen molar-refractivity contribution in [3.05, 3.63) is 46.1 Å². The second-order valence-corrected chi connectivity index (χ2v) is 13.3. The average molecular weight is 584 g/mol. The van der Waals surface area contributed by atoms with Crippen LogP contribution in [0.25, 0.3) is 21.5 Å². The summed E-state index contributed by atoms with van der Waals surface area (Å²) in [5.74, 6) is -0.988. The minimum atomic E-state index is -4.70. The molecule has 4 aliphatic rings. The number of likely N-dealkylation sites (tertiary alicyclic amines) is 2. The molecule has 41 heavy (non-hydrogen) atoms. The van der Waals surface area contributed by atoms with Crippen molar-refractivity contribution < 1.29 is 27.6 Å². The zero-order chi connectivity index (χ0) is 29.0. The maximum absolute atomic E-state index is 14.0. The molecule has 6 heterocycles. The van der Waals surface area contributed by atoms with Gasteiger partial charge in [-0.25, -0.2) is 4.98 Å². The summed E-state index contributed by atoms with van der Waals surface area (Å²) in [6, 6.07) is 4.26. The Morgan fingerprint density at radius 3 is 2.61 bits per heavy atom. The number of piperidine rings is 1. The number of thiophene rings is 1. The largest absolute Gasteiger partial charge is 0.433 e. The molecule has 3 saturated heterocycles. The number of fused-ring (bicyclic) bond motifs is 3. The van der Waals surface area contributed by atoms with Crippen molar-refractivity contribution in [3.8, 4) is 11.3 Å². The van der Waals surface area contributed by atoms with E-state index in [1.54, 1.807) is 17.0 Å². The highest BCUT2D eigenvalue weighted by molar-refractivity contribution is 7.19. The molecule has 12 heteroatoms. The highest BCUT2D eigenvalue weighted by Gasteiger charge is 2.72. The number of rotatable bonds is 4. The lowest BCUT2D eigenvalue weighted by Gasteiger charge is -2.26. The molecule has 214 valence electrons. The summed E-state index contributed by atoms with van der Waals surface area (Å²) in [5.41, 5.74) is -0.192. The van der Waals surface area contributed by atoms with E-state index in [1.807, 2.05) is 13.8 Å². The van der Waals surface area contributed by atoms with Gasteiger partial charge in [0.25, 0.3) is 5.91 Å². The summed E-state index contributed by atoms with van der Waals surface area (Å²) in [6.07, 6.45) is -2.38. The van der Waals surface area contributed by atoms with Crippen molar-refractivity contribution in [1.29, 1.82) is 0 Å². The summed E-state index contributed by atoms with van der Waals surface area (Å²) >= 11 is 1.25. The fourth-order valence-electron chi connectivity index (χ4n) is 7.10. The van der Waals surface area contributed by atoms with E-state index in [1.165, 1.54) is 29.4 Å². The van der Waals surface area contributed by atoms with Crippen molar-refractivity contribution in [2.24, 2.45) is 23.2 Å². The average Bonchev–Trinajstić information content (AvgIpc) is 3.45. The van der Waals surface area contributed by atoms with Gasteiger partial charge in [-0.15, -0.1) is 11.3 Å². The Balaban J connectivity index is 1.30. The van der Waals surface area contributed by atoms with Crippen molar-refractivity contribution in [3.63, 3.8) is 0 Å². The number of carbonyl (C=O) groups excluding carboxylic acids is 3. The predicted molar refractivity (Wildman–Crippen MR) is 145 cm³/mol. The number of nitrogens with one attached hydrogen (secondary N) is 1. The number of carbonyl (C=O) groups is 3. The van der Waals surface area contributed by atoms with Crippen LogP contribution in [0.1, 0.15) is 46.8 Å². The van der Waals surface area contributed by atoms with Crippen LogP contribution in [0, 0.1) is 30.1 Å². The Labute approximate surface area is 237 Å². The van der Waals surface area contributed by atoms with Gasteiger partial charge in [-0.2, -0.15) is 13.2 Å². The molecule has 0 radical (unpaired) electrons. The van der Waals surface area contributed by atoms with Gasteiger partial charge < -0.3 is 10.2 Å². The Morgan fingerprint density at radius 1 is 1.17 bits per heavy atom. The third-order valence-corrected chi connectivity index (χ3v) is 10.5. The van der Waals surface area contributed by atoms with Crippen molar-refractivity contribution >= 4 is 39.3 Å². The number of hydrogen-bond acceptors (Lipinski definition) is 7. The van der Waals surface area contributed by atoms with E-state index in [9.17, 15) is 27.6 Å². The number of halogens is 3. The van der Waals surface area contributed by atoms with Crippen LogP contribution in [0.5, 0.6) is 0 Å². The summed E-state index contributed by atoms with van der Waals surface area (Å²) < 4.78 is 42.4. The fraction of sp³-hybridized carbons (Fsp3) is 0.483. The summed E-state index contributed by atoms with van der Waals surface area (Å²) in [6.45, 7) is 7.44. The van der Waals surface area contributed by atoms with Crippen LogP contribution in [0.2, 0.25) is 0 Å². The highest BCUT2D eigenvalue weighted by atomic mass is 32.1. The maximum Gasteiger partial charge on any atom is 0.433 e. The van der Waals surface area contributed by atoms with Gasteiger partial charge in [0, 0.05) is 42.3 Å². The first-order valence-corrected chi connectivity index (χ1v) is 14.5. The molecule has 3 amide bonds. The van der Waals surface area contributed by atoms with Gasteiger partial charge >= 0.3 is 6.18 Å². The van der Waals surface area contributed by atoms with E-state index in [0.29, 0.717) is 39.7 Å². The molecule has 4 unspecified atom stereocenters. The van der Waals surface area contributed by atoms with E-state index >= 15 is 0 Å². The molecule has 7 rings (SSSR count). The topological polar surface area (TPSA) is 95.5 Å². The number of amides is 3. The van der Waals surface area contributed by atoms with Crippen molar-refractivity contribution in [1.82, 2.24) is 25.1 Å². The molecule has 1 N–H and O–H groups in total. The molecule has 4 atom stereocenters. The van der Waals surface area contributed by atoms with Crippen LogP contribution in [0.3, 0.4) is 0 Å². The Morgan fingerprint density at radius 2 is 1.90 bits per heavy atom. The lowest BCUT2D eigenvalue weighted by molar-refractivity contribution is -0.144. The molecule has 4 fully saturated rings. The van der Waals surface area contributed by atoms with Crippen molar-refractivity contribution in [2.45, 2.75) is 46.0 Å². The third-order valence-electron chi connectivity index (χ3n) is 9.35. The van der Waals surface area contributed by atoms with Gasteiger partial charge in [0.15, 0.2) is 0 Å². The van der Waals surface area contributed by atoms with Gasteiger partial charge in [0.2, 0.25) is 11.8 Å². The molecule has 3 aromatic heterocycles. The summed E-state index contributed by atoms with van der Waals surface area (Å²) in [7, 11) is 0. The zero-order valence-electron chi connectivity index (χ0n) is 22.7. The lowest BCUT2D eigenvalue weighted by Crippen LogP contribution is -2.39. The van der Waals surface area contributed by atoms with E-state index in [-0.39, 0.29) is 64.4 Å². The SMILES string of the molecule is Cc1cc(C(F)(F)F)nc(-c2ccnc3cc(CN4C(=O)C5C(C4=O)C5(C)C)sc23)c1C(=O)N1CCC2CNCC21. The van der Waals surface area contributed by atoms with Crippen LogP contribution in [-0.2, 0) is 22.3 Å². The third kappa shape index (κ3) is 3.93. The number of pyridine rings is 2. The Bertz CT molecular complexity index is 1630. The molecule has 8 nitrogen and oxygen atoms in total. The second kappa shape index (κ2) is 8.81. The quantitative estimate of drug-likeness (QED) is 0.462. The molecule has 3 aromatic rings. The zero-order valence-corrected chi connectivity index (χ0v) is 23.5. The first-order chi connectivity index (χ1) is 19.4. The van der Waals surface area contributed by atoms with Gasteiger partial charge in [-0.3, -0.25) is 24.3 Å². The van der Waals surface area contributed by atoms with Crippen molar-refractivity contribution in [2.75, 3.05) is 19.6 Å². The minimum Gasteiger partial charge on any atom is -0.334 e. The van der Waals surface area contributed by atoms with E-state index in [0.717, 1.165) is 19.0 Å². The van der Waals surface area contributed by atoms with Gasteiger partial charge in [-0.05, 0) is 48.4 Å². The van der Waals surface area contributed by atoms with Gasteiger partial charge in [0.05, 0.1) is 39.9 Å². The van der Waals surface area contributed by atoms with Crippen LogP contribution in [0.4, 0.5) is 13.2 Å². The van der Waals surface area contributed by atoms with Crippen LogP contribution >= 0.6 is 11.3 Å². The number of alkyl halides is 3. The smallest absolute Gasteiger partial charge is 0.334 e. The Hall–Kier alpha value is -3.38. The number of nitrogens with zero attached hydrogens (tertiary/aromatic N) is 4. The normalized spacial score (nSPS) is 26.7. The molecular weight excluding hydrogens is 555 g/mol. The standard InChI is InChI=1S/C29H28F3N5O3S/c1-13-8-19(29(30,31)32)35-23(20(13)25(38)36-7-5-14-10-33-11-18(14)36)16-4-6-34-17-9-15(41-24(16)17)12-37-26(39)21-22(27(37)40)28(21,2)3/h4,6,8-9,14,18,21-22,33H,5,7,10-12H2,1-3H3. The molecule has 0 aromatic carbocycles. The molecule has 1 aliphatic carbocycles. The van der Waals surface area contributed by atoms with Crippen LogP contribution in [-0.4, -0.2) is 63.2 Å². The number of imide groups is 1. The molecule has 0 bridgehead atoms. The number of hydrogen-bond donors (Lipinski definition) is 1. The van der Waals surface area contributed by atoms with E-state index in [2.05, 4.69) is 15.3 Å².